The first-order valence-electron chi connectivity index (χ1n) is 5.80. The molecule has 110 valence electrons. The summed E-state index contributed by atoms with van der Waals surface area (Å²) in [7, 11) is -3.85. The highest BCUT2D eigenvalue weighted by Crippen LogP contribution is 2.13. The number of carbonyl (C=O) groups is 2. The average molecular weight is 300 g/mol. The molecule has 20 heavy (non-hydrogen) atoms. The largest absolute Gasteiger partial charge is 0.481 e. The van der Waals surface area contributed by atoms with Crippen LogP contribution in [0.15, 0.2) is 29.2 Å². The van der Waals surface area contributed by atoms with Crippen molar-refractivity contribution < 1.29 is 23.1 Å². The van der Waals surface area contributed by atoms with Gasteiger partial charge in [-0.25, -0.2) is 13.1 Å². The first-order chi connectivity index (χ1) is 9.15. The topological polar surface area (TPSA) is 127 Å². The van der Waals surface area contributed by atoms with Gasteiger partial charge < -0.3 is 10.8 Å². The van der Waals surface area contributed by atoms with Crippen LogP contribution in [0.1, 0.15) is 24.2 Å². The van der Waals surface area contributed by atoms with Gasteiger partial charge in [-0.1, -0.05) is 6.92 Å². The van der Waals surface area contributed by atoms with Crippen LogP contribution >= 0.6 is 0 Å². The second-order valence-corrected chi connectivity index (χ2v) is 6.14. The Kier molecular flexibility index (Phi) is 4.85. The first-order valence-corrected chi connectivity index (χ1v) is 7.28. The lowest BCUT2D eigenvalue weighted by atomic mass is 10.1. The smallest absolute Gasteiger partial charge is 0.307 e. The van der Waals surface area contributed by atoms with Gasteiger partial charge in [-0.15, -0.1) is 0 Å². The zero-order chi connectivity index (χ0) is 15.5. The molecule has 1 amide bonds. The summed E-state index contributed by atoms with van der Waals surface area (Å²) in [5, 5.41) is 8.83. The number of carbonyl (C=O) groups excluding carboxylic acids is 1. The highest BCUT2D eigenvalue weighted by molar-refractivity contribution is 7.89. The summed E-state index contributed by atoms with van der Waals surface area (Å²) < 4.78 is 26.3. The average Bonchev–Trinajstić information content (AvgIpc) is 2.37. The van der Waals surface area contributed by atoms with Crippen molar-refractivity contribution in [3.8, 4) is 0 Å². The molecule has 0 aliphatic carbocycles. The van der Waals surface area contributed by atoms with E-state index in [9.17, 15) is 18.0 Å². The highest BCUT2D eigenvalue weighted by Gasteiger charge is 2.25. The molecule has 1 rings (SSSR count). The fraction of sp³-hybridized carbons (Fsp3) is 0.333. The molecule has 1 aromatic rings. The lowest BCUT2D eigenvalue weighted by molar-refractivity contribution is -0.141. The summed E-state index contributed by atoms with van der Waals surface area (Å²) in [4.78, 5) is 21.6. The van der Waals surface area contributed by atoms with Crippen molar-refractivity contribution in [3.05, 3.63) is 29.8 Å². The highest BCUT2D eigenvalue weighted by atomic mass is 32.2. The molecule has 0 saturated heterocycles. The normalized spacial score (nSPS) is 14.5. The van der Waals surface area contributed by atoms with Crippen LogP contribution in [0.3, 0.4) is 0 Å². The first kappa shape index (κ1) is 16.1. The van der Waals surface area contributed by atoms with Crippen LogP contribution in [0.5, 0.6) is 0 Å². The third-order valence-corrected chi connectivity index (χ3v) is 4.50. The van der Waals surface area contributed by atoms with Gasteiger partial charge in [0.05, 0.1) is 10.8 Å². The van der Waals surface area contributed by atoms with Crippen LogP contribution < -0.4 is 10.5 Å². The monoisotopic (exact) mass is 300 g/mol. The van der Waals surface area contributed by atoms with Crippen molar-refractivity contribution in [1.82, 2.24) is 4.72 Å². The Labute approximate surface area is 116 Å². The molecule has 0 radical (unpaired) electrons. The van der Waals surface area contributed by atoms with Gasteiger partial charge in [0.15, 0.2) is 0 Å². The summed E-state index contributed by atoms with van der Waals surface area (Å²) in [5.74, 6) is -2.62. The Morgan fingerprint density at radius 2 is 1.70 bits per heavy atom. The number of sulfonamides is 1. The minimum Gasteiger partial charge on any atom is -0.481 e. The fourth-order valence-corrected chi connectivity index (χ4v) is 2.75. The second kappa shape index (κ2) is 6.02. The van der Waals surface area contributed by atoms with E-state index in [0.717, 1.165) is 0 Å². The summed E-state index contributed by atoms with van der Waals surface area (Å²) in [6.07, 6.45) is 0. The number of hydrogen-bond acceptors (Lipinski definition) is 4. The molecule has 8 heteroatoms. The molecule has 2 unspecified atom stereocenters. The standard InChI is InChI=1S/C12H16N2O5S/c1-7(12(16)17)8(2)14-20(18,19)10-5-3-9(4-6-10)11(13)15/h3-8,14H,1-2H3,(H2,13,15)(H,16,17). The van der Waals surface area contributed by atoms with Crippen molar-refractivity contribution in [2.75, 3.05) is 0 Å². The van der Waals surface area contributed by atoms with E-state index in [1.165, 1.54) is 38.1 Å². The Morgan fingerprint density at radius 3 is 2.10 bits per heavy atom. The van der Waals surface area contributed by atoms with E-state index in [1.54, 1.807) is 0 Å². The van der Waals surface area contributed by atoms with E-state index in [0.29, 0.717) is 0 Å². The predicted octanol–water partition coefficient (Wildman–Crippen LogP) is 0.173. The number of carboxylic acid groups (broad SMARTS) is 1. The van der Waals surface area contributed by atoms with Crippen molar-refractivity contribution in [2.45, 2.75) is 24.8 Å². The van der Waals surface area contributed by atoms with Gasteiger partial charge in [0, 0.05) is 11.6 Å². The van der Waals surface area contributed by atoms with Gasteiger partial charge in [-0.2, -0.15) is 0 Å². The third kappa shape index (κ3) is 3.78. The number of hydrogen-bond donors (Lipinski definition) is 3. The van der Waals surface area contributed by atoms with Crippen LogP contribution in [-0.2, 0) is 14.8 Å². The lowest BCUT2D eigenvalue weighted by Crippen LogP contribution is -2.39. The third-order valence-electron chi connectivity index (χ3n) is 2.93. The van der Waals surface area contributed by atoms with Crippen molar-refractivity contribution in [3.63, 3.8) is 0 Å². The minimum absolute atomic E-state index is 0.0630. The Bertz CT molecular complexity index is 609. The maximum Gasteiger partial charge on any atom is 0.307 e. The molecule has 1 aromatic carbocycles. The fourth-order valence-electron chi connectivity index (χ4n) is 1.43. The van der Waals surface area contributed by atoms with Gasteiger partial charge in [-0.3, -0.25) is 9.59 Å². The molecule has 0 aliphatic rings. The molecular formula is C12H16N2O5S. The number of primary amides is 1. The number of carboxylic acids is 1. The van der Waals surface area contributed by atoms with E-state index in [4.69, 9.17) is 10.8 Å². The van der Waals surface area contributed by atoms with Crippen LogP contribution in [0.2, 0.25) is 0 Å². The summed E-state index contributed by atoms with van der Waals surface area (Å²) in [6, 6.07) is 4.29. The Morgan fingerprint density at radius 1 is 1.20 bits per heavy atom. The van der Waals surface area contributed by atoms with Gasteiger partial charge >= 0.3 is 5.97 Å². The van der Waals surface area contributed by atoms with Crippen molar-refractivity contribution in [2.24, 2.45) is 11.7 Å². The van der Waals surface area contributed by atoms with Crippen LogP contribution in [-0.4, -0.2) is 31.4 Å². The zero-order valence-electron chi connectivity index (χ0n) is 11.0. The Hall–Kier alpha value is -1.93. The molecule has 0 spiro atoms. The molecule has 0 aliphatic heterocycles. The molecule has 4 N–H and O–H groups in total. The van der Waals surface area contributed by atoms with Gasteiger partial charge in [0.2, 0.25) is 15.9 Å². The molecule has 0 aromatic heterocycles. The van der Waals surface area contributed by atoms with E-state index < -0.39 is 33.9 Å². The van der Waals surface area contributed by atoms with Crippen molar-refractivity contribution >= 4 is 21.9 Å². The number of amides is 1. The SMILES string of the molecule is CC(NS(=O)(=O)c1ccc(C(N)=O)cc1)C(C)C(=O)O. The molecule has 0 bridgehead atoms. The predicted molar refractivity (Wildman–Crippen MR) is 71.5 cm³/mol. The van der Waals surface area contributed by atoms with E-state index in [2.05, 4.69) is 4.72 Å². The molecule has 0 saturated carbocycles. The van der Waals surface area contributed by atoms with E-state index in [1.807, 2.05) is 0 Å². The molecule has 7 nitrogen and oxygen atoms in total. The summed E-state index contributed by atoms with van der Waals surface area (Å²) in [6.45, 7) is 2.87. The summed E-state index contributed by atoms with van der Waals surface area (Å²) in [5.41, 5.74) is 5.25. The van der Waals surface area contributed by atoms with Crippen LogP contribution in [0.4, 0.5) is 0 Å². The molecular weight excluding hydrogens is 284 g/mol. The minimum atomic E-state index is -3.85. The van der Waals surface area contributed by atoms with E-state index in [-0.39, 0.29) is 10.5 Å². The number of rotatable bonds is 6. The van der Waals surface area contributed by atoms with Gasteiger partial charge in [0.1, 0.15) is 0 Å². The lowest BCUT2D eigenvalue weighted by Gasteiger charge is -2.17. The number of nitrogens with one attached hydrogen (secondary N) is 1. The molecule has 0 fully saturated rings. The second-order valence-electron chi connectivity index (χ2n) is 4.43. The number of benzene rings is 1. The number of aliphatic carboxylic acids is 1. The number of nitrogens with two attached hydrogens (primary N) is 1. The maximum atomic E-state index is 12.0. The van der Waals surface area contributed by atoms with Crippen LogP contribution in [0.25, 0.3) is 0 Å². The summed E-state index contributed by atoms with van der Waals surface area (Å²) >= 11 is 0. The van der Waals surface area contributed by atoms with Crippen molar-refractivity contribution in [1.29, 1.82) is 0 Å². The van der Waals surface area contributed by atoms with Crippen LogP contribution in [0, 0.1) is 5.92 Å². The van der Waals surface area contributed by atoms with Gasteiger partial charge in [-0.05, 0) is 31.2 Å². The van der Waals surface area contributed by atoms with E-state index >= 15 is 0 Å². The quantitative estimate of drug-likeness (QED) is 0.690. The zero-order valence-corrected chi connectivity index (χ0v) is 11.8. The Balaban J connectivity index is 2.94. The van der Waals surface area contributed by atoms with Gasteiger partial charge in [0.25, 0.3) is 0 Å². The molecule has 0 heterocycles. The maximum absolute atomic E-state index is 12.0. The molecule has 2 atom stereocenters.